The summed E-state index contributed by atoms with van der Waals surface area (Å²) in [7, 11) is 0. The molecule has 0 saturated heterocycles. The standard InChI is InChI=1S/C15H21ClO/c1-14(2,3)13(16)10-6-7-12-11(8-10)9-15(4,5)17-12/h6-8,13H,9H2,1-5H3. The van der Waals surface area contributed by atoms with Crippen molar-refractivity contribution in [1.29, 1.82) is 0 Å². The van der Waals surface area contributed by atoms with Crippen molar-refractivity contribution in [2.75, 3.05) is 0 Å². The Balaban J connectivity index is 2.31. The fourth-order valence-corrected chi connectivity index (χ4v) is 2.42. The summed E-state index contributed by atoms with van der Waals surface area (Å²) in [6.45, 7) is 10.7. The van der Waals surface area contributed by atoms with E-state index in [4.69, 9.17) is 16.3 Å². The van der Waals surface area contributed by atoms with Gasteiger partial charge in [-0.15, -0.1) is 11.6 Å². The van der Waals surface area contributed by atoms with E-state index in [1.54, 1.807) is 0 Å². The van der Waals surface area contributed by atoms with Crippen molar-refractivity contribution in [2.24, 2.45) is 5.41 Å². The van der Waals surface area contributed by atoms with Crippen molar-refractivity contribution in [3.05, 3.63) is 29.3 Å². The maximum Gasteiger partial charge on any atom is 0.123 e. The third-order valence-corrected chi connectivity index (χ3v) is 4.05. The molecule has 1 heterocycles. The zero-order valence-electron chi connectivity index (χ0n) is 11.3. The van der Waals surface area contributed by atoms with Gasteiger partial charge in [-0.2, -0.15) is 0 Å². The van der Waals surface area contributed by atoms with Crippen LogP contribution in [0.1, 0.15) is 51.1 Å². The number of hydrogen-bond donors (Lipinski definition) is 0. The Morgan fingerprint density at radius 1 is 1.29 bits per heavy atom. The Morgan fingerprint density at radius 3 is 2.53 bits per heavy atom. The highest BCUT2D eigenvalue weighted by Gasteiger charge is 2.31. The summed E-state index contributed by atoms with van der Waals surface area (Å²) in [4.78, 5) is 0. The van der Waals surface area contributed by atoms with Crippen LogP contribution in [-0.4, -0.2) is 5.60 Å². The molecule has 17 heavy (non-hydrogen) atoms. The summed E-state index contributed by atoms with van der Waals surface area (Å²) in [6.07, 6.45) is 0.962. The highest BCUT2D eigenvalue weighted by Crippen LogP contribution is 2.42. The minimum atomic E-state index is -0.0789. The predicted octanol–water partition coefficient (Wildman–Crippen LogP) is 4.73. The van der Waals surface area contributed by atoms with E-state index in [-0.39, 0.29) is 16.4 Å². The van der Waals surface area contributed by atoms with Crippen LogP contribution >= 0.6 is 11.6 Å². The highest BCUT2D eigenvalue weighted by molar-refractivity contribution is 6.21. The first-order valence-corrected chi connectivity index (χ1v) is 6.59. The first-order valence-electron chi connectivity index (χ1n) is 6.15. The van der Waals surface area contributed by atoms with E-state index in [1.807, 2.05) is 0 Å². The van der Waals surface area contributed by atoms with Gasteiger partial charge in [-0.1, -0.05) is 32.9 Å². The first kappa shape index (κ1) is 12.8. The van der Waals surface area contributed by atoms with Crippen LogP contribution in [0.15, 0.2) is 18.2 Å². The molecule has 0 fully saturated rings. The van der Waals surface area contributed by atoms with Crippen molar-refractivity contribution >= 4 is 11.6 Å². The molecule has 2 heteroatoms. The van der Waals surface area contributed by atoms with Gasteiger partial charge in [-0.05, 0) is 36.5 Å². The molecule has 1 atom stereocenters. The zero-order chi connectivity index (χ0) is 12.8. The Kier molecular flexibility index (Phi) is 2.94. The number of benzene rings is 1. The van der Waals surface area contributed by atoms with Crippen LogP contribution in [-0.2, 0) is 6.42 Å². The molecule has 1 aromatic rings. The second-order valence-electron chi connectivity index (χ2n) is 6.63. The van der Waals surface area contributed by atoms with Gasteiger partial charge in [0.25, 0.3) is 0 Å². The summed E-state index contributed by atoms with van der Waals surface area (Å²) >= 11 is 6.51. The van der Waals surface area contributed by atoms with E-state index in [2.05, 4.69) is 52.8 Å². The zero-order valence-corrected chi connectivity index (χ0v) is 12.1. The molecule has 0 N–H and O–H groups in total. The molecule has 0 aliphatic carbocycles. The lowest BCUT2D eigenvalue weighted by Gasteiger charge is -2.25. The smallest absolute Gasteiger partial charge is 0.123 e. The average Bonchev–Trinajstić information content (AvgIpc) is 2.47. The number of hydrogen-bond acceptors (Lipinski definition) is 1. The third kappa shape index (κ3) is 2.60. The van der Waals surface area contributed by atoms with Crippen molar-refractivity contribution in [3.63, 3.8) is 0 Å². The molecule has 0 bridgehead atoms. The van der Waals surface area contributed by atoms with Gasteiger partial charge in [0.15, 0.2) is 0 Å². The number of fused-ring (bicyclic) bond motifs is 1. The predicted molar refractivity (Wildman–Crippen MR) is 72.9 cm³/mol. The molecular weight excluding hydrogens is 232 g/mol. The fourth-order valence-electron chi connectivity index (χ4n) is 2.29. The molecule has 0 aromatic heterocycles. The van der Waals surface area contributed by atoms with Crippen LogP contribution in [0.25, 0.3) is 0 Å². The van der Waals surface area contributed by atoms with Crippen LogP contribution in [0.4, 0.5) is 0 Å². The van der Waals surface area contributed by atoms with Crippen LogP contribution in [0.5, 0.6) is 5.75 Å². The Bertz CT molecular complexity index is 429. The first-order chi connectivity index (χ1) is 7.69. The highest BCUT2D eigenvalue weighted by atomic mass is 35.5. The number of rotatable bonds is 1. The van der Waals surface area contributed by atoms with Crippen LogP contribution in [0.2, 0.25) is 0 Å². The van der Waals surface area contributed by atoms with Gasteiger partial charge in [-0.3, -0.25) is 0 Å². The van der Waals surface area contributed by atoms with Gasteiger partial charge in [0.2, 0.25) is 0 Å². The molecule has 1 aromatic carbocycles. The van der Waals surface area contributed by atoms with Crippen molar-refractivity contribution in [1.82, 2.24) is 0 Å². The summed E-state index contributed by atoms with van der Waals surface area (Å²) in [5.74, 6) is 1.01. The monoisotopic (exact) mass is 252 g/mol. The second-order valence-corrected chi connectivity index (χ2v) is 7.07. The average molecular weight is 253 g/mol. The van der Waals surface area contributed by atoms with E-state index in [1.165, 1.54) is 11.1 Å². The van der Waals surface area contributed by atoms with E-state index < -0.39 is 0 Å². The van der Waals surface area contributed by atoms with Gasteiger partial charge >= 0.3 is 0 Å². The molecule has 2 rings (SSSR count). The molecule has 0 radical (unpaired) electrons. The Morgan fingerprint density at radius 2 is 1.94 bits per heavy atom. The van der Waals surface area contributed by atoms with E-state index in [9.17, 15) is 0 Å². The van der Waals surface area contributed by atoms with Crippen LogP contribution < -0.4 is 4.74 Å². The molecule has 1 nitrogen and oxygen atoms in total. The van der Waals surface area contributed by atoms with Gasteiger partial charge in [-0.25, -0.2) is 0 Å². The summed E-state index contributed by atoms with van der Waals surface area (Å²) in [6, 6.07) is 6.34. The topological polar surface area (TPSA) is 9.23 Å². The summed E-state index contributed by atoms with van der Waals surface area (Å²) in [5, 5.41) is 0.0384. The van der Waals surface area contributed by atoms with E-state index in [0.29, 0.717) is 0 Å². The molecule has 1 aliphatic rings. The number of alkyl halides is 1. The van der Waals surface area contributed by atoms with Crippen molar-refractivity contribution in [3.8, 4) is 5.75 Å². The van der Waals surface area contributed by atoms with Crippen LogP contribution in [0.3, 0.4) is 0 Å². The Hall–Kier alpha value is -0.690. The van der Waals surface area contributed by atoms with Gasteiger partial charge < -0.3 is 4.74 Å². The second kappa shape index (κ2) is 3.91. The lowest BCUT2D eigenvalue weighted by molar-refractivity contribution is 0.138. The largest absolute Gasteiger partial charge is 0.487 e. The Labute approximate surface area is 109 Å². The molecule has 1 aliphatic heterocycles. The molecule has 0 saturated carbocycles. The van der Waals surface area contributed by atoms with Gasteiger partial charge in [0.05, 0.1) is 5.38 Å². The fraction of sp³-hybridized carbons (Fsp3) is 0.600. The SMILES string of the molecule is CC1(C)Cc2cc(C(Cl)C(C)(C)C)ccc2O1. The lowest BCUT2D eigenvalue weighted by Crippen LogP contribution is -2.24. The number of halogens is 1. The van der Waals surface area contributed by atoms with E-state index >= 15 is 0 Å². The maximum absolute atomic E-state index is 6.51. The minimum absolute atomic E-state index is 0.0384. The quantitative estimate of drug-likeness (QED) is 0.657. The lowest BCUT2D eigenvalue weighted by atomic mass is 9.86. The van der Waals surface area contributed by atoms with Crippen LogP contribution in [0, 0.1) is 5.41 Å². The molecule has 0 spiro atoms. The van der Waals surface area contributed by atoms with Gasteiger partial charge in [0.1, 0.15) is 11.4 Å². The van der Waals surface area contributed by atoms with Crippen molar-refractivity contribution < 1.29 is 4.74 Å². The summed E-state index contributed by atoms with van der Waals surface area (Å²) in [5.41, 5.74) is 2.47. The number of ether oxygens (including phenoxy) is 1. The molecule has 1 unspecified atom stereocenters. The third-order valence-electron chi connectivity index (χ3n) is 3.14. The summed E-state index contributed by atoms with van der Waals surface area (Å²) < 4.78 is 5.87. The van der Waals surface area contributed by atoms with Gasteiger partial charge in [0, 0.05) is 6.42 Å². The van der Waals surface area contributed by atoms with E-state index in [0.717, 1.165) is 12.2 Å². The molecule has 94 valence electrons. The van der Waals surface area contributed by atoms with Crippen molar-refractivity contribution in [2.45, 2.75) is 52.0 Å². The maximum atomic E-state index is 6.51. The normalized spacial score (nSPS) is 19.6. The molecular formula is C15H21ClO. The molecule has 0 amide bonds. The minimum Gasteiger partial charge on any atom is -0.487 e.